The molecule has 1 aromatic carbocycles. The van der Waals surface area contributed by atoms with Crippen LogP contribution in [0.5, 0.6) is 5.75 Å². The number of ether oxygens (including phenoxy) is 2. The van der Waals surface area contributed by atoms with Gasteiger partial charge in [0.25, 0.3) is 11.6 Å². The maximum absolute atomic E-state index is 12.3. The van der Waals surface area contributed by atoms with E-state index in [4.69, 9.17) is 9.47 Å². The van der Waals surface area contributed by atoms with Crippen molar-refractivity contribution < 1.29 is 24.0 Å². The number of amides is 1. The van der Waals surface area contributed by atoms with E-state index >= 15 is 0 Å². The first kappa shape index (κ1) is 18.7. The van der Waals surface area contributed by atoms with Gasteiger partial charge < -0.3 is 14.4 Å². The second-order valence-corrected chi connectivity index (χ2v) is 5.86. The van der Waals surface area contributed by atoms with Crippen LogP contribution in [0.2, 0.25) is 0 Å². The second kappa shape index (κ2) is 8.46. The van der Waals surface area contributed by atoms with E-state index in [1.54, 1.807) is 4.90 Å². The number of methoxy groups -OCH3 is 1. The Morgan fingerprint density at radius 1 is 1.36 bits per heavy atom. The Morgan fingerprint density at radius 2 is 2.12 bits per heavy atom. The topological polar surface area (TPSA) is 99.0 Å². The van der Waals surface area contributed by atoms with Crippen LogP contribution in [0, 0.1) is 10.1 Å². The van der Waals surface area contributed by atoms with Crippen LogP contribution < -0.4 is 4.74 Å². The molecule has 0 aliphatic carbocycles. The SMILES string of the molecule is CC[C@@H]1CCCCN1C(=O)COC(=O)c1cc([N+](=O)[O-])ccc1OC. The van der Waals surface area contributed by atoms with Crippen molar-refractivity contribution >= 4 is 17.6 Å². The normalized spacial score (nSPS) is 17.0. The van der Waals surface area contributed by atoms with Crippen LogP contribution in [0.15, 0.2) is 18.2 Å². The van der Waals surface area contributed by atoms with Gasteiger partial charge in [-0.25, -0.2) is 4.79 Å². The van der Waals surface area contributed by atoms with Gasteiger partial charge in [0.1, 0.15) is 11.3 Å². The number of nitro benzene ring substituents is 1. The molecule has 1 aliphatic heterocycles. The summed E-state index contributed by atoms with van der Waals surface area (Å²) in [7, 11) is 1.35. The predicted molar refractivity (Wildman–Crippen MR) is 89.6 cm³/mol. The van der Waals surface area contributed by atoms with Gasteiger partial charge in [0, 0.05) is 24.7 Å². The molecule has 1 atom stereocenters. The lowest BCUT2D eigenvalue weighted by molar-refractivity contribution is -0.384. The van der Waals surface area contributed by atoms with Gasteiger partial charge in [-0.3, -0.25) is 14.9 Å². The fourth-order valence-electron chi connectivity index (χ4n) is 3.01. The highest BCUT2D eigenvalue weighted by molar-refractivity contribution is 5.94. The minimum Gasteiger partial charge on any atom is -0.496 e. The molecule has 0 unspecified atom stereocenters. The molecule has 1 fully saturated rings. The minimum absolute atomic E-state index is 0.0739. The molecule has 0 N–H and O–H groups in total. The number of carbonyl (C=O) groups excluding carboxylic acids is 2. The second-order valence-electron chi connectivity index (χ2n) is 5.86. The quantitative estimate of drug-likeness (QED) is 0.444. The maximum atomic E-state index is 12.3. The molecular weight excluding hydrogens is 328 g/mol. The van der Waals surface area contributed by atoms with E-state index in [1.165, 1.54) is 19.2 Å². The van der Waals surface area contributed by atoms with Crippen LogP contribution in [0.25, 0.3) is 0 Å². The number of non-ortho nitro benzene ring substituents is 1. The van der Waals surface area contributed by atoms with Gasteiger partial charge in [-0.15, -0.1) is 0 Å². The molecule has 136 valence electrons. The summed E-state index contributed by atoms with van der Waals surface area (Å²) in [6.07, 6.45) is 3.84. The first-order valence-electron chi connectivity index (χ1n) is 8.27. The number of carbonyl (C=O) groups is 2. The summed E-state index contributed by atoms with van der Waals surface area (Å²) >= 11 is 0. The Labute approximate surface area is 145 Å². The molecule has 1 aliphatic rings. The lowest BCUT2D eigenvalue weighted by Crippen LogP contribution is -2.45. The van der Waals surface area contributed by atoms with E-state index in [2.05, 4.69) is 0 Å². The van der Waals surface area contributed by atoms with Crippen molar-refractivity contribution in [2.45, 2.75) is 38.6 Å². The van der Waals surface area contributed by atoms with Gasteiger partial charge in [-0.2, -0.15) is 0 Å². The van der Waals surface area contributed by atoms with Gasteiger partial charge in [0.05, 0.1) is 12.0 Å². The van der Waals surface area contributed by atoms with Crippen LogP contribution in [0.1, 0.15) is 43.0 Å². The number of nitrogens with zero attached hydrogens (tertiary/aromatic N) is 2. The lowest BCUT2D eigenvalue weighted by atomic mass is 10.00. The molecule has 1 saturated heterocycles. The zero-order valence-corrected chi connectivity index (χ0v) is 14.4. The van der Waals surface area contributed by atoms with Gasteiger partial charge in [-0.05, 0) is 31.7 Å². The van der Waals surface area contributed by atoms with Crippen LogP contribution in [0.4, 0.5) is 5.69 Å². The summed E-state index contributed by atoms with van der Waals surface area (Å²) in [6, 6.07) is 3.82. The third-order valence-electron chi connectivity index (χ3n) is 4.36. The van der Waals surface area contributed by atoms with E-state index in [0.717, 1.165) is 31.7 Å². The third kappa shape index (κ3) is 4.46. The van der Waals surface area contributed by atoms with E-state index < -0.39 is 10.9 Å². The third-order valence-corrected chi connectivity index (χ3v) is 4.36. The van der Waals surface area contributed by atoms with E-state index in [1.807, 2.05) is 6.92 Å². The molecule has 1 heterocycles. The van der Waals surface area contributed by atoms with Crippen molar-refractivity contribution in [1.82, 2.24) is 4.90 Å². The minimum atomic E-state index is -0.820. The van der Waals surface area contributed by atoms with Crippen molar-refractivity contribution in [1.29, 1.82) is 0 Å². The summed E-state index contributed by atoms with van der Waals surface area (Å²) in [6.45, 7) is 2.30. The summed E-state index contributed by atoms with van der Waals surface area (Å²) < 4.78 is 10.1. The highest BCUT2D eigenvalue weighted by atomic mass is 16.6. The number of hydrogen-bond donors (Lipinski definition) is 0. The van der Waals surface area contributed by atoms with Crippen LogP contribution in [0.3, 0.4) is 0 Å². The fourth-order valence-corrected chi connectivity index (χ4v) is 3.01. The molecule has 2 rings (SSSR count). The van der Waals surface area contributed by atoms with Crippen molar-refractivity contribution in [2.24, 2.45) is 0 Å². The lowest BCUT2D eigenvalue weighted by Gasteiger charge is -2.35. The van der Waals surface area contributed by atoms with Crippen molar-refractivity contribution in [2.75, 3.05) is 20.3 Å². The smallest absolute Gasteiger partial charge is 0.342 e. The van der Waals surface area contributed by atoms with Crippen molar-refractivity contribution in [3.63, 3.8) is 0 Å². The summed E-state index contributed by atoms with van der Waals surface area (Å²) in [4.78, 5) is 36.6. The molecule has 0 saturated carbocycles. The average Bonchev–Trinajstić information content (AvgIpc) is 2.64. The van der Waals surface area contributed by atoms with Crippen LogP contribution in [-0.2, 0) is 9.53 Å². The predicted octanol–water partition coefficient (Wildman–Crippen LogP) is 2.55. The molecular formula is C17H22N2O6. The molecule has 25 heavy (non-hydrogen) atoms. The van der Waals surface area contributed by atoms with Gasteiger partial charge in [-0.1, -0.05) is 6.92 Å². The number of rotatable bonds is 6. The molecule has 1 aromatic rings. The Hall–Kier alpha value is -2.64. The fraction of sp³-hybridized carbons (Fsp3) is 0.529. The number of piperidine rings is 1. The first-order valence-corrected chi connectivity index (χ1v) is 8.27. The molecule has 0 spiro atoms. The van der Waals surface area contributed by atoms with E-state index in [9.17, 15) is 19.7 Å². The molecule has 0 bridgehead atoms. The molecule has 0 radical (unpaired) electrons. The zero-order chi connectivity index (χ0) is 18.4. The highest BCUT2D eigenvalue weighted by Crippen LogP contribution is 2.25. The molecule has 1 amide bonds. The molecule has 8 nitrogen and oxygen atoms in total. The number of esters is 1. The Balaban J connectivity index is 2.05. The average molecular weight is 350 g/mol. The number of likely N-dealkylation sites (tertiary alicyclic amines) is 1. The number of hydrogen-bond acceptors (Lipinski definition) is 6. The zero-order valence-electron chi connectivity index (χ0n) is 14.4. The molecule has 0 aromatic heterocycles. The summed E-state index contributed by atoms with van der Waals surface area (Å²) in [5.74, 6) is -0.907. The molecule has 8 heteroatoms. The van der Waals surface area contributed by atoms with E-state index in [-0.39, 0.29) is 35.6 Å². The van der Waals surface area contributed by atoms with Gasteiger partial charge in [0.2, 0.25) is 0 Å². The van der Waals surface area contributed by atoms with Gasteiger partial charge >= 0.3 is 5.97 Å². The summed E-state index contributed by atoms with van der Waals surface area (Å²) in [5.41, 5.74) is -0.323. The Kier molecular flexibility index (Phi) is 6.32. The Bertz CT molecular complexity index is 661. The number of benzene rings is 1. The van der Waals surface area contributed by atoms with Crippen molar-refractivity contribution in [3.05, 3.63) is 33.9 Å². The van der Waals surface area contributed by atoms with Crippen LogP contribution in [-0.4, -0.2) is 48.0 Å². The standard InChI is InChI=1S/C17H22N2O6/c1-3-12-6-4-5-9-18(12)16(20)11-25-17(21)14-10-13(19(22)23)7-8-15(14)24-2/h7-8,10,12H,3-6,9,11H2,1-2H3/t12-/m1/s1. The van der Waals surface area contributed by atoms with Crippen molar-refractivity contribution in [3.8, 4) is 5.75 Å². The first-order chi connectivity index (χ1) is 12.0. The number of nitro groups is 1. The highest BCUT2D eigenvalue weighted by Gasteiger charge is 2.27. The Morgan fingerprint density at radius 3 is 2.76 bits per heavy atom. The maximum Gasteiger partial charge on any atom is 0.342 e. The monoisotopic (exact) mass is 350 g/mol. The summed E-state index contributed by atoms with van der Waals surface area (Å²) in [5, 5.41) is 10.9. The van der Waals surface area contributed by atoms with E-state index in [0.29, 0.717) is 6.54 Å². The van der Waals surface area contributed by atoms with Gasteiger partial charge in [0.15, 0.2) is 6.61 Å². The largest absolute Gasteiger partial charge is 0.496 e. The van der Waals surface area contributed by atoms with Crippen LogP contribution >= 0.6 is 0 Å².